The summed E-state index contributed by atoms with van der Waals surface area (Å²) in [5, 5.41) is 8.82. The predicted molar refractivity (Wildman–Crippen MR) is 95.5 cm³/mol. The number of nitrogens with zero attached hydrogens (tertiary/aromatic N) is 1. The molecule has 0 fully saturated rings. The molecule has 3 nitrogen and oxygen atoms in total. The standard InChI is InChI=1S/C21H21NO2/c1-2-3-4-5-6-7-21(23)24-20-14-12-19(13-15-20)18-10-8-17(16-22)9-11-18/h6-15H,2-5H2,1H3. The predicted octanol–water partition coefficient (Wildman–Crippen LogP) is 5.27. The monoisotopic (exact) mass is 319 g/mol. The maximum atomic E-state index is 11.7. The van der Waals surface area contributed by atoms with Crippen LogP contribution in [0.3, 0.4) is 0 Å². The molecule has 3 heteroatoms. The van der Waals surface area contributed by atoms with E-state index in [1.54, 1.807) is 24.3 Å². The Balaban J connectivity index is 1.91. The summed E-state index contributed by atoms with van der Waals surface area (Å²) in [5.74, 6) is 0.174. The topological polar surface area (TPSA) is 50.1 Å². The zero-order chi connectivity index (χ0) is 17.2. The molecule has 0 amide bonds. The maximum absolute atomic E-state index is 11.7. The largest absolute Gasteiger partial charge is 0.423 e. The van der Waals surface area contributed by atoms with Crippen LogP contribution in [0.5, 0.6) is 5.75 Å². The van der Waals surface area contributed by atoms with Gasteiger partial charge in [0.25, 0.3) is 0 Å². The van der Waals surface area contributed by atoms with Crippen LogP contribution in [0.4, 0.5) is 0 Å². The molecule has 2 rings (SSSR count). The third-order valence-electron chi connectivity index (χ3n) is 3.65. The van der Waals surface area contributed by atoms with Crippen LogP contribution in [0.25, 0.3) is 11.1 Å². The molecule has 0 spiro atoms. The maximum Gasteiger partial charge on any atom is 0.335 e. The van der Waals surface area contributed by atoms with Gasteiger partial charge in [0, 0.05) is 6.08 Å². The van der Waals surface area contributed by atoms with Crippen LogP contribution in [0.15, 0.2) is 60.7 Å². The molecule has 0 aromatic heterocycles. The Labute approximate surface area is 143 Å². The molecular weight excluding hydrogens is 298 g/mol. The number of unbranched alkanes of at least 4 members (excludes halogenated alkanes) is 3. The highest BCUT2D eigenvalue weighted by Crippen LogP contribution is 2.22. The van der Waals surface area contributed by atoms with Crippen LogP contribution in [0.2, 0.25) is 0 Å². The number of hydrogen-bond acceptors (Lipinski definition) is 3. The van der Waals surface area contributed by atoms with E-state index in [9.17, 15) is 4.79 Å². The summed E-state index contributed by atoms with van der Waals surface area (Å²) in [6, 6.07) is 16.8. The fourth-order valence-electron chi connectivity index (χ4n) is 2.29. The second kappa shape index (κ2) is 9.32. The van der Waals surface area contributed by atoms with E-state index in [4.69, 9.17) is 10.00 Å². The molecule has 122 valence electrons. The number of hydrogen-bond donors (Lipinski definition) is 0. The van der Waals surface area contributed by atoms with Gasteiger partial charge in [-0.2, -0.15) is 5.26 Å². The average molecular weight is 319 g/mol. The van der Waals surface area contributed by atoms with Crippen molar-refractivity contribution in [3.05, 3.63) is 66.2 Å². The van der Waals surface area contributed by atoms with Crippen LogP contribution in [-0.4, -0.2) is 5.97 Å². The van der Waals surface area contributed by atoms with Gasteiger partial charge in [-0.15, -0.1) is 0 Å². The van der Waals surface area contributed by atoms with Crippen LogP contribution >= 0.6 is 0 Å². The van der Waals surface area contributed by atoms with Gasteiger partial charge in [0.05, 0.1) is 11.6 Å². The summed E-state index contributed by atoms with van der Waals surface area (Å²) in [6.07, 6.45) is 7.70. The number of rotatable bonds is 7. The number of ether oxygens (including phenoxy) is 1. The fraction of sp³-hybridized carbons (Fsp3) is 0.238. The molecule has 2 aromatic carbocycles. The zero-order valence-corrected chi connectivity index (χ0v) is 13.9. The van der Waals surface area contributed by atoms with Crippen molar-refractivity contribution in [2.75, 3.05) is 0 Å². The van der Waals surface area contributed by atoms with Crippen LogP contribution < -0.4 is 4.74 Å². The number of carbonyl (C=O) groups is 1. The second-order valence-electron chi connectivity index (χ2n) is 5.53. The molecule has 0 atom stereocenters. The van der Waals surface area contributed by atoms with Crippen LogP contribution in [-0.2, 0) is 4.79 Å². The molecule has 0 saturated heterocycles. The molecule has 0 aliphatic rings. The minimum Gasteiger partial charge on any atom is -0.423 e. The van der Waals surface area contributed by atoms with E-state index >= 15 is 0 Å². The van der Waals surface area contributed by atoms with E-state index in [1.807, 2.05) is 30.3 Å². The Morgan fingerprint density at radius 3 is 2.25 bits per heavy atom. The van der Waals surface area contributed by atoms with E-state index in [0.717, 1.165) is 24.0 Å². The van der Waals surface area contributed by atoms with Gasteiger partial charge in [-0.1, -0.05) is 50.1 Å². The van der Waals surface area contributed by atoms with Crippen molar-refractivity contribution in [3.63, 3.8) is 0 Å². The van der Waals surface area contributed by atoms with Crippen molar-refractivity contribution < 1.29 is 9.53 Å². The lowest BCUT2D eigenvalue weighted by Crippen LogP contribution is -2.03. The Kier molecular flexibility index (Phi) is 6.79. The van der Waals surface area contributed by atoms with Crippen molar-refractivity contribution in [3.8, 4) is 22.9 Å². The van der Waals surface area contributed by atoms with Gasteiger partial charge in [-0.25, -0.2) is 4.79 Å². The highest BCUT2D eigenvalue weighted by Gasteiger charge is 2.02. The van der Waals surface area contributed by atoms with Gasteiger partial charge in [-0.3, -0.25) is 0 Å². The van der Waals surface area contributed by atoms with Gasteiger partial charge in [0.15, 0.2) is 0 Å². The first-order chi connectivity index (χ1) is 11.7. The average Bonchev–Trinajstić information content (AvgIpc) is 2.62. The number of esters is 1. The second-order valence-corrected chi connectivity index (χ2v) is 5.53. The number of benzene rings is 2. The fourth-order valence-corrected chi connectivity index (χ4v) is 2.29. The van der Waals surface area contributed by atoms with Crippen molar-refractivity contribution in [1.82, 2.24) is 0 Å². The minimum atomic E-state index is -0.349. The van der Waals surface area contributed by atoms with Gasteiger partial charge in [0.2, 0.25) is 0 Å². The Morgan fingerprint density at radius 2 is 1.67 bits per heavy atom. The van der Waals surface area contributed by atoms with Gasteiger partial charge in [-0.05, 0) is 48.2 Å². The Morgan fingerprint density at radius 1 is 1.04 bits per heavy atom. The first-order valence-electron chi connectivity index (χ1n) is 8.22. The quantitative estimate of drug-likeness (QED) is 0.302. The van der Waals surface area contributed by atoms with Crippen molar-refractivity contribution in [1.29, 1.82) is 5.26 Å². The Bertz CT molecular complexity index is 722. The molecule has 0 heterocycles. The lowest BCUT2D eigenvalue weighted by molar-refractivity contribution is -0.129. The lowest BCUT2D eigenvalue weighted by atomic mass is 10.0. The smallest absolute Gasteiger partial charge is 0.335 e. The lowest BCUT2D eigenvalue weighted by Gasteiger charge is -2.04. The van der Waals surface area contributed by atoms with E-state index in [0.29, 0.717) is 11.3 Å². The van der Waals surface area contributed by atoms with Crippen molar-refractivity contribution >= 4 is 5.97 Å². The number of allylic oxidation sites excluding steroid dienone is 1. The first kappa shape index (κ1) is 17.5. The molecule has 0 radical (unpaired) electrons. The highest BCUT2D eigenvalue weighted by molar-refractivity contribution is 5.84. The molecule has 0 saturated carbocycles. The minimum absolute atomic E-state index is 0.349. The van der Waals surface area contributed by atoms with Crippen LogP contribution in [0.1, 0.15) is 38.2 Å². The van der Waals surface area contributed by atoms with E-state index in [-0.39, 0.29) is 5.97 Å². The summed E-state index contributed by atoms with van der Waals surface area (Å²) < 4.78 is 5.28. The Hall–Kier alpha value is -2.86. The summed E-state index contributed by atoms with van der Waals surface area (Å²) in [4.78, 5) is 11.7. The molecule has 0 aliphatic heterocycles. The SMILES string of the molecule is CCCCCC=CC(=O)Oc1ccc(-c2ccc(C#N)cc2)cc1. The van der Waals surface area contributed by atoms with E-state index in [2.05, 4.69) is 13.0 Å². The van der Waals surface area contributed by atoms with E-state index in [1.165, 1.54) is 18.9 Å². The van der Waals surface area contributed by atoms with Gasteiger partial charge in [0.1, 0.15) is 5.75 Å². The molecule has 0 unspecified atom stereocenters. The van der Waals surface area contributed by atoms with Crippen molar-refractivity contribution in [2.45, 2.75) is 32.6 Å². The molecule has 0 bridgehead atoms. The molecule has 2 aromatic rings. The third-order valence-corrected chi connectivity index (χ3v) is 3.65. The number of nitriles is 1. The van der Waals surface area contributed by atoms with Crippen LogP contribution in [0, 0.1) is 11.3 Å². The first-order valence-corrected chi connectivity index (χ1v) is 8.22. The summed E-state index contributed by atoms with van der Waals surface area (Å²) in [7, 11) is 0. The van der Waals surface area contributed by atoms with E-state index < -0.39 is 0 Å². The highest BCUT2D eigenvalue weighted by atomic mass is 16.5. The summed E-state index contributed by atoms with van der Waals surface area (Å²) in [6.45, 7) is 2.15. The zero-order valence-electron chi connectivity index (χ0n) is 13.9. The summed E-state index contributed by atoms with van der Waals surface area (Å²) in [5.41, 5.74) is 2.66. The third kappa shape index (κ3) is 5.40. The molecule has 0 aliphatic carbocycles. The van der Waals surface area contributed by atoms with Crippen molar-refractivity contribution in [2.24, 2.45) is 0 Å². The summed E-state index contributed by atoms with van der Waals surface area (Å²) >= 11 is 0. The molecule has 24 heavy (non-hydrogen) atoms. The molecule has 0 N–H and O–H groups in total. The van der Waals surface area contributed by atoms with Gasteiger partial charge >= 0.3 is 5.97 Å². The normalized spacial score (nSPS) is 10.5. The van der Waals surface area contributed by atoms with Gasteiger partial charge < -0.3 is 4.74 Å². The molecular formula is C21H21NO2. The number of carbonyl (C=O) groups excluding carboxylic acids is 1.